The number of nitrogens with one attached hydrogen (secondary N) is 2. The number of hydrogen-bond acceptors (Lipinski definition) is 2. The first kappa shape index (κ1) is 110. The maximum atomic E-state index is 15.9. The first-order chi connectivity index (χ1) is 52.3. The highest BCUT2D eigenvalue weighted by molar-refractivity contribution is 5.41. The second kappa shape index (κ2) is 29.6. The van der Waals surface area contributed by atoms with Crippen LogP contribution in [0.15, 0.2) is 36.4 Å². The van der Waals surface area contributed by atoms with E-state index in [1.165, 1.54) is 10.6 Å². The van der Waals surface area contributed by atoms with Crippen LogP contribution in [0.4, 0.5) is 299 Å². The fourth-order valence-corrected chi connectivity index (χ4v) is 9.81. The first-order valence-corrected chi connectivity index (χ1v) is 29.0. The van der Waals surface area contributed by atoms with E-state index >= 15 is 105 Å². The van der Waals surface area contributed by atoms with Crippen molar-refractivity contribution in [3.05, 3.63) is 69.8 Å². The van der Waals surface area contributed by atoms with Crippen molar-refractivity contribution in [2.24, 2.45) is 0 Å². The molecule has 1 aliphatic rings. The minimum atomic E-state index is -9.89. The van der Waals surface area contributed by atoms with Gasteiger partial charge in [-0.3, -0.25) is 0 Å². The lowest BCUT2D eigenvalue weighted by molar-refractivity contribution is -0.463. The lowest BCUT2D eigenvalue weighted by Crippen LogP contribution is -2.74. The molecule has 2 aromatic carbocycles. The van der Waals surface area contributed by atoms with Crippen molar-refractivity contribution >= 4 is 0 Å². The summed E-state index contributed by atoms with van der Waals surface area (Å²) in [6, 6.07) is -18.3. The van der Waals surface area contributed by atoms with Gasteiger partial charge in [-0.2, -0.15) is 299 Å². The van der Waals surface area contributed by atoms with Crippen LogP contribution in [0.25, 0.3) is 0 Å². The molecule has 1 fully saturated rings. The van der Waals surface area contributed by atoms with Gasteiger partial charge in [0.25, 0.3) is 0 Å². The van der Waals surface area contributed by atoms with E-state index in [0.717, 1.165) is 0 Å². The van der Waals surface area contributed by atoms with Gasteiger partial charge in [-0.15, -0.1) is 0 Å². The molecule has 3 rings (SSSR count). The average molecular weight is 1970 g/mol. The Morgan fingerprint density at radius 1 is 0.164 bits per heavy atom. The highest BCUT2D eigenvalue weighted by Gasteiger charge is 3.01. The van der Waals surface area contributed by atoms with Crippen LogP contribution in [0, 0.1) is 0 Å². The van der Waals surface area contributed by atoms with Crippen LogP contribution in [-0.2, 0) is 36.8 Å². The van der Waals surface area contributed by atoms with Gasteiger partial charge in [-0.1, -0.05) is 12.8 Å². The van der Waals surface area contributed by atoms with Gasteiger partial charge in [0.05, 0.1) is 0 Å². The summed E-state index contributed by atoms with van der Waals surface area (Å²) in [5, 5.41) is 2.39. The smallest absolute Gasteiger partial charge is 0.308 e. The molecule has 1 saturated carbocycles. The van der Waals surface area contributed by atoms with Crippen LogP contribution in [-0.4, -0.2) is 179 Å². The van der Waals surface area contributed by atoms with E-state index in [9.17, 15) is 193 Å². The Morgan fingerprint density at radius 3 is 0.402 bits per heavy atom. The van der Waals surface area contributed by atoms with Crippen molar-refractivity contribution in [3.8, 4) is 0 Å². The highest BCUT2D eigenvalue weighted by Crippen LogP contribution is 2.72. The normalized spacial score (nSPS) is 18.5. The van der Waals surface area contributed by atoms with Crippen LogP contribution >= 0.6 is 0 Å². The molecule has 0 heterocycles. The van der Waals surface area contributed by atoms with Gasteiger partial charge >= 0.3 is 191 Å². The van der Waals surface area contributed by atoms with Crippen molar-refractivity contribution in [3.63, 3.8) is 0 Å². The Morgan fingerprint density at radius 2 is 0.279 bits per heavy atom. The SMILES string of the molecule is FC(F)(F)C(F)(F)C(F)(F)C(F)(F)C(F)(F)C(F)(F)C(F)(F)C(F)(F)c1cc(CN[C@@H]2CCCC[C@H]2NCc2cc(C(F)(F)C(F)(F)C(F)(F)C(F)(F)C(F)(F)C(F)(F)C(F)(F)C(F)(F)F)cc(C(F)(F)C(F)(F)C(F)(F)C(F)(F)C(F)(F)C(F)(F)C(F)(F)C(F)(F)F)c2)cc(C(F)(F)C(F)(F)C(F)(F)C(F)(F)C(F)(F)C(F)(F)C(F)(F)C(F)(F)F)c1. The van der Waals surface area contributed by atoms with E-state index in [1.54, 1.807) is 0 Å². The first-order valence-electron chi connectivity index (χ1n) is 29.0. The molecular formula is C52H22F68N2. The Labute approximate surface area is 620 Å². The van der Waals surface area contributed by atoms with Crippen LogP contribution in [0.1, 0.15) is 59.1 Å². The summed E-state index contributed by atoms with van der Waals surface area (Å²) >= 11 is 0. The second-order valence-electron chi connectivity index (χ2n) is 25.2. The van der Waals surface area contributed by atoms with Crippen molar-refractivity contribution in [1.29, 1.82) is 0 Å². The molecule has 2 atom stereocenters. The molecule has 122 heavy (non-hydrogen) atoms. The lowest BCUT2D eigenvalue weighted by atomic mass is 9.84. The van der Waals surface area contributed by atoms with E-state index in [4.69, 9.17) is 0 Å². The standard InChI is InChI=1S/C52H22F68N2/c53-21(54,25(61,62)29(69,70)33(77,78)37(85,86)41(93,94)45(101,102)49(109,110)111)15-5-13(6-16(9-15)22(55,56)26(63,64)30(71,72)34(79,80)38(87,88)42(95,96)46(103,104)50(112,113)114)11-121-19-3-1-2-4-20(19)122-12-14-7-17(23(57,58)27(65,66)31(73,74)35(81,82)39(89,90)43(97,98)47(105,106)51(115,116)117)10-18(8-14)24(59,60)28(67,68)32(75,76)36(83,84)40(91,92)44(99,100)48(107,108)52(118,119)120/h5-10,19-20,121-122H,1-4,11-12H2/t19-,20-/m1/s1. The molecular weight excluding hydrogens is 1940 g/mol. The summed E-state index contributed by atoms with van der Waals surface area (Å²) in [7, 11) is 0. The number of halogens is 68. The van der Waals surface area contributed by atoms with Gasteiger partial charge in [-0.05, 0) is 60.4 Å². The Balaban J connectivity index is 2.64. The summed E-state index contributed by atoms with van der Waals surface area (Å²) < 4.78 is 974. The van der Waals surface area contributed by atoms with Gasteiger partial charge in [-0.25, -0.2) is 0 Å². The van der Waals surface area contributed by atoms with Crippen molar-refractivity contribution in [1.82, 2.24) is 10.6 Å². The monoisotopic (exact) mass is 1970 g/mol. The summed E-state index contributed by atoms with van der Waals surface area (Å²) in [5.74, 6) is -266. The molecule has 0 aliphatic heterocycles. The maximum absolute atomic E-state index is 15.9. The van der Waals surface area contributed by atoms with Gasteiger partial charge in [0.15, 0.2) is 0 Å². The molecule has 0 unspecified atom stereocenters. The van der Waals surface area contributed by atoms with Crippen LogP contribution in [0.5, 0.6) is 0 Å². The summed E-state index contributed by atoms with van der Waals surface area (Å²) in [6.07, 6.45) is -39.2. The summed E-state index contributed by atoms with van der Waals surface area (Å²) in [6.45, 7) is -5.73. The molecule has 0 aromatic heterocycles. The zero-order valence-corrected chi connectivity index (χ0v) is 54.6. The molecule has 1 aliphatic carbocycles. The van der Waals surface area contributed by atoms with Crippen LogP contribution in [0.2, 0.25) is 0 Å². The minimum absolute atomic E-state index is 0.989. The van der Waals surface area contributed by atoms with Gasteiger partial charge in [0.1, 0.15) is 0 Å². The Kier molecular flexibility index (Phi) is 26.6. The zero-order valence-electron chi connectivity index (χ0n) is 54.6. The largest absolute Gasteiger partial charge is 0.460 e. The minimum Gasteiger partial charge on any atom is -0.308 e. The third-order valence-electron chi connectivity index (χ3n) is 17.2. The fourth-order valence-electron chi connectivity index (χ4n) is 9.81. The number of alkyl halides is 68. The number of hydrogen-bond donors (Lipinski definition) is 2. The molecule has 2 N–H and O–H groups in total. The predicted octanol–water partition coefficient (Wildman–Crippen LogP) is 25.7. The van der Waals surface area contributed by atoms with Crippen LogP contribution < -0.4 is 10.6 Å². The second-order valence-corrected chi connectivity index (χ2v) is 25.2. The van der Waals surface area contributed by atoms with Crippen molar-refractivity contribution in [2.45, 2.75) is 241 Å². The van der Waals surface area contributed by atoms with Gasteiger partial charge in [0, 0.05) is 47.4 Å². The lowest BCUT2D eigenvalue weighted by Gasteiger charge is -2.43. The topological polar surface area (TPSA) is 24.1 Å². The highest BCUT2D eigenvalue weighted by atomic mass is 19.5. The molecule has 716 valence electrons. The third-order valence-corrected chi connectivity index (χ3v) is 17.2. The molecule has 2 nitrogen and oxygen atoms in total. The average Bonchev–Trinajstić information content (AvgIpc) is 0.700. The van der Waals surface area contributed by atoms with Crippen molar-refractivity contribution < 1.29 is 299 Å². The number of benzene rings is 2. The maximum Gasteiger partial charge on any atom is 0.460 e. The molecule has 2 aromatic rings. The van der Waals surface area contributed by atoms with E-state index in [-0.39, 0.29) is 0 Å². The predicted molar refractivity (Wildman–Crippen MR) is 251 cm³/mol. The molecule has 0 spiro atoms. The number of rotatable bonds is 34. The summed E-state index contributed by atoms with van der Waals surface area (Å²) in [4.78, 5) is 0. The molecule has 70 heteroatoms. The van der Waals surface area contributed by atoms with Crippen LogP contribution in [0.3, 0.4) is 0 Å². The zero-order chi connectivity index (χ0) is 98.5. The molecule has 0 saturated heterocycles. The van der Waals surface area contributed by atoms with E-state index in [1.807, 2.05) is 0 Å². The van der Waals surface area contributed by atoms with E-state index in [2.05, 4.69) is 0 Å². The van der Waals surface area contributed by atoms with E-state index in [0.29, 0.717) is 0 Å². The Bertz CT molecular complexity index is 3550. The molecule has 0 bridgehead atoms. The quantitative estimate of drug-likeness (QED) is 0.0683. The molecule has 0 radical (unpaired) electrons. The third kappa shape index (κ3) is 14.6. The fraction of sp³-hybridized carbons (Fsp3) is 0.769. The molecule has 0 amide bonds. The van der Waals surface area contributed by atoms with E-state index < -0.39 is 311 Å². The van der Waals surface area contributed by atoms with Crippen molar-refractivity contribution in [2.75, 3.05) is 0 Å². The summed E-state index contributed by atoms with van der Waals surface area (Å²) in [5.41, 5.74) is -24.4. The van der Waals surface area contributed by atoms with Gasteiger partial charge < -0.3 is 10.6 Å². The van der Waals surface area contributed by atoms with Gasteiger partial charge in [0.2, 0.25) is 0 Å². The Hall–Kier alpha value is -6.40.